The minimum absolute atomic E-state index is 0.0101. The molecule has 1 amide bonds. The number of hydrogen-bond donors (Lipinski definition) is 1. The third kappa shape index (κ3) is 5.42. The first-order valence-corrected chi connectivity index (χ1v) is 10.3. The molecule has 0 aliphatic carbocycles. The molecule has 0 bridgehead atoms. The molecule has 1 atom stereocenters. The number of amides is 1. The number of carbonyl (C=O) groups is 1. The van der Waals surface area contributed by atoms with E-state index in [0.717, 1.165) is 16.8 Å². The van der Waals surface area contributed by atoms with Gasteiger partial charge in [0, 0.05) is 23.2 Å². The number of hydrogen-bond acceptors (Lipinski definition) is 4. The van der Waals surface area contributed by atoms with Crippen molar-refractivity contribution in [2.75, 3.05) is 18.4 Å². The molecule has 0 fully saturated rings. The van der Waals surface area contributed by atoms with Crippen LogP contribution in [0.15, 0.2) is 84.0 Å². The van der Waals surface area contributed by atoms with Crippen LogP contribution in [-0.4, -0.2) is 36.3 Å². The summed E-state index contributed by atoms with van der Waals surface area (Å²) >= 11 is 6.03. The van der Waals surface area contributed by atoms with Crippen LogP contribution in [0.5, 0.6) is 5.75 Å². The maximum absolute atomic E-state index is 12.6. The Balaban J connectivity index is 1.47. The highest BCUT2D eigenvalue weighted by Gasteiger charge is 2.30. The molecule has 1 heterocycles. The van der Waals surface area contributed by atoms with Gasteiger partial charge in [0.05, 0.1) is 5.71 Å². The van der Waals surface area contributed by atoms with Crippen molar-refractivity contribution in [1.29, 1.82) is 0 Å². The third-order valence-electron chi connectivity index (χ3n) is 5.00. The van der Waals surface area contributed by atoms with E-state index in [1.807, 2.05) is 54.6 Å². The summed E-state index contributed by atoms with van der Waals surface area (Å²) in [6, 6.07) is 23.2. The SMILES string of the molecule is O=C(CN1CC(c2ccccc2)C(c2ccc(Cl)cc2)=N1)Nc1ccc(OC(F)F)cc1. The molecule has 0 radical (unpaired) electrons. The van der Waals surface area contributed by atoms with Crippen molar-refractivity contribution in [2.45, 2.75) is 12.5 Å². The number of hydrazone groups is 1. The van der Waals surface area contributed by atoms with E-state index in [-0.39, 0.29) is 24.1 Å². The van der Waals surface area contributed by atoms with Crippen molar-refractivity contribution in [1.82, 2.24) is 5.01 Å². The van der Waals surface area contributed by atoms with E-state index in [0.29, 0.717) is 17.3 Å². The monoisotopic (exact) mass is 455 g/mol. The Morgan fingerprint density at radius 2 is 1.75 bits per heavy atom. The third-order valence-corrected chi connectivity index (χ3v) is 5.26. The van der Waals surface area contributed by atoms with Crippen LogP contribution < -0.4 is 10.1 Å². The van der Waals surface area contributed by atoms with Crippen molar-refractivity contribution in [3.8, 4) is 5.75 Å². The van der Waals surface area contributed by atoms with Crippen LogP contribution in [-0.2, 0) is 4.79 Å². The summed E-state index contributed by atoms with van der Waals surface area (Å²) in [6.45, 7) is -2.29. The highest BCUT2D eigenvalue weighted by Crippen LogP contribution is 2.29. The zero-order valence-corrected chi connectivity index (χ0v) is 17.7. The lowest BCUT2D eigenvalue weighted by molar-refractivity contribution is -0.117. The Morgan fingerprint density at radius 3 is 2.41 bits per heavy atom. The van der Waals surface area contributed by atoms with Crippen LogP contribution in [0.25, 0.3) is 0 Å². The maximum Gasteiger partial charge on any atom is 0.387 e. The van der Waals surface area contributed by atoms with Crippen LogP contribution in [0.4, 0.5) is 14.5 Å². The van der Waals surface area contributed by atoms with Gasteiger partial charge in [-0.1, -0.05) is 54.1 Å². The zero-order chi connectivity index (χ0) is 22.5. The number of alkyl halides is 2. The van der Waals surface area contributed by atoms with Gasteiger partial charge in [0.2, 0.25) is 5.91 Å². The second kappa shape index (κ2) is 9.78. The van der Waals surface area contributed by atoms with Crippen LogP contribution in [0.2, 0.25) is 5.02 Å². The summed E-state index contributed by atoms with van der Waals surface area (Å²) in [4.78, 5) is 12.6. The number of ether oxygens (including phenoxy) is 1. The predicted molar refractivity (Wildman–Crippen MR) is 120 cm³/mol. The number of halogens is 3. The Hall–Kier alpha value is -3.45. The minimum Gasteiger partial charge on any atom is -0.435 e. The quantitative estimate of drug-likeness (QED) is 0.520. The molecule has 0 aromatic heterocycles. The van der Waals surface area contributed by atoms with Gasteiger partial charge < -0.3 is 10.1 Å². The lowest BCUT2D eigenvalue weighted by Gasteiger charge is -2.16. The first kappa shape index (κ1) is 21.8. The van der Waals surface area contributed by atoms with Crippen LogP contribution in [0.3, 0.4) is 0 Å². The van der Waals surface area contributed by atoms with Gasteiger partial charge in [-0.05, 0) is 47.5 Å². The summed E-state index contributed by atoms with van der Waals surface area (Å²) in [5, 5.41) is 9.84. The molecule has 4 rings (SSSR count). The summed E-state index contributed by atoms with van der Waals surface area (Å²) in [6.07, 6.45) is 0. The largest absolute Gasteiger partial charge is 0.435 e. The smallest absolute Gasteiger partial charge is 0.387 e. The molecular weight excluding hydrogens is 436 g/mol. The second-order valence-corrected chi connectivity index (χ2v) is 7.69. The lowest BCUT2D eigenvalue weighted by atomic mass is 9.91. The van der Waals surface area contributed by atoms with Crippen LogP contribution in [0, 0.1) is 0 Å². The number of rotatable bonds is 7. The normalized spacial score (nSPS) is 15.6. The topological polar surface area (TPSA) is 53.9 Å². The fourth-order valence-corrected chi connectivity index (χ4v) is 3.70. The lowest BCUT2D eigenvalue weighted by Crippen LogP contribution is -2.29. The number of benzene rings is 3. The number of anilines is 1. The summed E-state index contributed by atoms with van der Waals surface area (Å²) < 4.78 is 28.9. The molecule has 1 aliphatic rings. The first-order chi connectivity index (χ1) is 15.5. The van der Waals surface area contributed by atoms with Crippen LogP contribution >= 0.6 is 11.6 Å². The molecule has 8 heteroatoms. The van der Waals surface area contributed by atoms with Crippen molar-refractivity contribution < 1.29 is 18.3 Å². The van der Waals surface area contributed by atoms with Gasteiger partial charge in [0.1, 0.15) is 12.3 Å². The fraction of sp³-hybridized carbons (Fsp3) is 0.167. The molecule has 0 spiro atoms. The van der Waals surface area contributed by atoms with E-state index in [9.17, 15) is 13.6 Å². The molecule has 0 saturated heterocycles. The van der Waals surface area contributed by atoms with Gasteiger partial charge >= 0.3 is 6.61 Å². The molecule has 1 N–H and O–H groups in total. The molecule has 5 nitrogen and oxygen atoms in total. The Morgan fingerprint density at radius 1 is 1.06 bits per heavy atom. The molecule has 164 valence electrons. The molecule has 1 aliphatic heterocycles. The van der Waals surface area contributed by atoms with Crippen molar-refractivity contribution in [3.05, 3.63) is 95.0 Å². The average molecular weight is 456 g/mol. The maximum atomic E-state index is 12.6. The molecule has 3 aromatic carbocycles. The molecule has 3 aromatic rings. The summed E-state index contributed by atoms with van der Waals surface area (Å²) in [5.41, 5.74) is 3.41. The van der Waals surface area contributed by atoms with Crippen molar-refractivity contribution in [2.24, 2.45) is 5.10 Å². The molecule has 0 saturated carbocycles. The highest BCUT2D eigenvalue weighted by molar-refractivity contribution is 6.30. The van der Waals surface area contributed by atoms with E-state index in [2.05, 4.69) is 10.1 Å². The standard InChI is InChI=1S/C24H20ClF2N3O2/c25-18-8-6-17(7-9-18)23-21(16-4-2-1-3-5-16)14-30(29-23)15-22(31)28-19-10-12-20(13-11-19)32-24(26)27/h1-13,21,24H,14-15H2,(H,28,31). The van der Waals surface area contributed by atoms with E-state index in [1.54, 1.807) is 5.01 Å². The van der Waals surface area contributed by atoms with Crippen molar-refractivity contribution >= 4 is 28.9 Å². The van der Waals surface area contributed by atoms with Gasteiger partial charge in [-0.15, -0.1) is 0 Å². The van der Waals surface area contributed by atoms with E-state index < -0.39 is 6.61 Å². The fourth-order valence-electron chi connectivity index (χ4n) is 3.57. The van der Waals surface area contributed by atoms with E-state index >= 15 is 0 Å². The molecular formula is C24H20ClF2N3O2. The average Bonchev–Trinajstić information content (AvgIpc) is 3.19. The van der Waals surface area contributed by atoms with E-state index in [1.165, 1.54) is 24.3 Å². The zero-order valence-electron chi connectivity index (χ0n) is 16.9. The number of nitrogens with zero attached hydrogens (tertiary/aromatic N) is 2. The van der Waals surface area contributed by atoms with Crippen LogP contribution in [0.1, 0.15) is 17.0 Å². The van der Waals surface area contributed by atoms with Gasteiger partial charge in [-0.3, -0.25) is 9.80 Å². The van der Waals surface area contributed by atoms with Crippen molar-refractivity contribution in [3.63, 3.8) is 0 Å². The summed E-state index contributed by atoms with van der Waals surface area (Å²) in [5.74, 6) is -0.225. The first-order valence-electron chi connectivity index (χ1n) is 9.97. The Bertz CT molecular complexity index is 1090. The molecule has 1 unspecified atom stereocenters. The predicted octanol–water partition coefficient (Wildman–Crippen LogP) is 5.38. The van der Waals surface area contributed by atoms with Gasteiger partial charge in [-0.2, -0.15) is 13.9 Å². The highest BCUT2D eigenvalue weighted by atomic mass is 35.5. The second-order valence-electron chi connectivity index (χ2n) is 7.25. The van der Waals surface area contributed by atoms with E-state index in [4.69, 9.17) is 16.7 Å². The van der Waals surface area contributed by atoms with Gasteiger partial charge in [0.25, 0.3) is 0 Å². The minimum atomic E-state index is -2.89. The summed E-state index contributed by atoms with van der Waals surface area (Å²) in [7, 11) is 0. The number of carbonyl (C=O) groups excluding carboxylic acids is 1. The van der Waals surface area contributed by atoms with Gasteiger partial charge in [0.15, 0.2) is 0 Å². The Labute approximate surface area is 189 Å². The van der Waals surface area contributed by atoms with Gasteiger partial charge in [-0.25, -0.2) is 0 Å². The number of nitrogens with one attached hydrogen (secondary N) is 1. The Kier molecular flexibility index (Phi) is 6.66. The molecule has 32 heavy (non-hydrogen) atoms.